The first kappa shape index (κ1) is 24.7. The topological polar surface area (TPSA) is 117 Å². The van der Waals surface area contributed by atoms with Gasteiger partial charge in [0.05, 0.1) is 4.92 Å². The molecule has 2 unspecified atom stereocenters. The number of benzene rings is 2. The highest BCUT2D eigenvalue weighted by Crippen LogP contribution is 2.45. The number of hydrogen-bond acceptors (Lipinski definition) is 7. The van der Waals surface area contributed by atoms with Gasteiger partial charge in [0, 0.05) is 12.1 Å². The average molecular weight is 476 g/mol. The Morgan fingerprint density at radius 3 is 2.30 bits per heavy atom. The lowest BCUT2D eigenvalue weighted by Gasteiger charge is -2.35. The highest BCUT2D eigenvalue weighted by molar-refractivity contribution is 7.52. The fourth-order valence-electron chi connectivity index (χ4n) is 3.74. The van der Waals surface area contributed by atoms with E-state index in [0.717, 1.165) is 25.7 Å². The van der Waals surface area contributed by atoms with Crippen molar-refractivity contribution in [1.82, 2.24) is 5.09 Å². The van der Waals surface area contributed by atoms with Gasteiger partial charge in [-0.05, 0) is 62.3 Å². The van der Waals surface area contributed by atoms with E-state index in [0.29, 0.717) is 0 Å². The van der Waals surface area contributed by atoms with E-state index in [1.165, 1.54) is 31.2 Å². The predicted molar refractivity (Wildman–Crippen MR) is 123 cm³/mol. The van der Waals surface area contributed by atoms with Gasteiger partial charge in [0.2, 0.25) is 0 Å². The van der Waals surface area contributed by atoms with Crippen LogP contribution in [-0.4, -0.2) is 23.0 Å². The summed E-state index contributed by atoms with van der Waals surface area (Å²) in [6, 6.07) is 12.5. The minimum absolute atomic E-state index is 0.0851. The quantitative estimate of drug-likeness (QED) is 0.214. The number of nitrogens with one attached hydrogen (secondary N) is 1. The molecular formula is C23H29N2O7P. The van der Waals surface area contributed by atoms with Crippen LogP contribution in [0.5, 0.6) is 11.5 Å². The molecule has 1 N–H and O–H groups in total. The molecule has 3 rings (SSSR count). The molecule has 2 aromatic rings. The minimum Gasteiger partial charge on any atom is -0.461 e. The van der Waals surface area contributed by atoms with Crippen LogP contribution in [0.3, 0.4) is 0 Å². The number of ether oxygens (including phenoxy) is 1. The Morgan fingerprint density at radius 2 is 1.73 bits per heavy atom. The zero-order chi connectivity index (χ0) is 24.1. The summed E-state index contributed by atoms with van der Waals surface area (Å²) in [4.78, 5) is 23.1. The number of para-hydroxylation sites is 1. The summed E-state index contributed by atoms with van der Waals surface area (Å²) in [6.07, 6.45) is 3.42. The number of hydrogen-bond donors (Lipinski definition) is 1. The molecule has 0 saturated heterocycles. The van der Waals surface area contributed by atoms with Gasteiger partial charge in [-0.25, -0.2) is 4.57 Å². The van der Waals surface area contributed by atoms with Crippen molar-refractivity contribution in [2.45, 2.75) is 58.6 Å². The van der Waals surface area contributed by atoms with Crippen LogP contribution in [0.4, 0.5) is 5.69 Å². The molecule has 3 atom stereocenters. The molecule has 2 aromatic carbocycles. The van der Waals surface area contributed by atoms with Crippen LogP contribution in [0.15, 0.2) is 54.6 Å². The fourth-order valence-corrected chi connectivity index (χ4v) is 5.27. The van der Waals surface area contributed by atoms with Crippen molar-refractivity contribution in [3.05, 3.63) is 64.7 Å². The third kappa shape index (κ3) is 7.30. The maximum Gasteiger partial charge on any atom is 0.513 e. The zero-order valence-electron chi connectivity index (χ0n) is 18.9. The largest absolute Gasteiger partial charge is 0.513 e. The molecule has 0 radical (unpaired) electrons. The van der Waals surface area contributed by atoms with Crippen LogP contribution >= 0.6 is 7.75 Å². The summed E-state index contributed by atoms with van der Waals surface area (Å²) in [6.45, 7) is 5.82. The van der Waals surface area contributed by atoms with Crippen LogP contribution in [0.1, 0.15) is 46.5 Å². The highest BCUT2D eigenvalue weighted by atomic mass is 31.2. The number of nitro groups is 1. The van der Waals surface area contributed by atoms with Gasteiger partial charge in [-0.15, -0.1) is 0 Å². The minimum atomic E-state index is -4.11. The Kier molecular flexibility index (Phi) is 7.76. The number of nitro benzene ring substituents is 1. The van der Waals surface area contributed by atoms with Crippen LogP contribution in [0.25, 0.3) is 0 Å². The third-order valence-electron chi connectivity index (χ3n) is 5.39. The maximum atomic E-state index is 13.6. The predicted octanol–water partition coefficient (Wildman–Crippen LogP) is 5.65. The van der Waals surface area contributed by atoms with Crippen LogP contribution in [-0.2, 0) is 14.1 Å². The molecule has 9 nitrogen and oxygen atoms in total. The number of esters is 1. The molecule has 0 amide bonds. The molecule has 0 heterocycles. The molecule has 0 bridgehead atoms. The summed E-state index contributed by atoms with van der Waals surface area (Å²) in [5, 5.41) is 13.5. The van der Waals surface area contributed by atoms with Crippen molar-refractivity contribution < 1.29 is 28.1 Å². The van der Waals surface area contributed by atoms with Gasteiger partial charge in [-0.1, -0.05) is 32.0 Å². The number of nitrogens with zero attached hydrogens (tertiary/aromatic N) is 1. The summed E-state index contributed by atoms with van der Waals surface area (Å²) in [7, 11) is -4.11. The van der Waals surface area contributed by atoms with Crippen LogP contribution < -0.4 is 14.1 Å². The van der Waals surface area contributed by atoms with Gasteiger partial charge in [-0.3, -0.25) is 14.9 Å². The molecule has 0 aliphatic heterocycles. The Labute approximate surface area is 193 Å². The Morgan fingerprint density at radius 1 is 1.12 bits per heavy atom. The van der Waals surface area contributed by atoms with Gasteiger partial charge in [0.1, 0.15) is 23.6 Å². The number of non-ortho nitro benzene ring substituents is 1. The van der Waals surface area contributed by atoms with Crippen molar-refractivity contribution >= 4 is 19.4 Å². The third-order valence-corrected chi connectivity index (χ3v) is 7.00. The molecule has 0 aromatic heterocycles. The van der Waals surface area contributed by atoms with Gasteiger partial charge in [-0.2, -0.15) is 5.09 Å². The number of carbonyl (C=O) groups is 1. The lowest BCUT2D eigenvalue weighted by Crippen LogP contribution is -2.39. The van der Waals surface area contributed by atoms with E-state index in [4.69, 9.17) is 13.8 Å². The van der Waals surface area contributed by atoms with E-state index in [9.17, 15) is 19.5 Å². The van der Waals surface area contributed by atoms with Crippen molar-refractivity contribution in [3.63, 3.8) is 0 Å². The standard InChI is InChI=1S/C23H29N2O7P/c1-17(22(26)30-21-10-7-15-23(2,3)16-21)24-33(29,31-19-8-5-4-6-9-19)32-20-13-11-18(12-14-20)25(27)28/h4-6,8-9,11-14,17,21H,7,10,15-16H2,1-3H3,(H,24,29)/t17-,21?,33?/m0/s1. The number of carbonyl (C=O) groups excluding carboxylic acids is 1. The molecule has 178 valence electrons. The van der Waals surface area contributed by atoms with E-state index >= 15 is 0 Å². The SMILES string of the molecule is C[C@H](NP(=O)(Oc1ccccc1)Oc1ccc([N+](=O)[O-])cc1)C(=O)OC1CCCC(C)(C)C1. The van der Waals surface area contributed by atoms with E-state index < -0.39 is 24.7 Å². The first-order valence-electron chi connectivity index (χ1n) is 10.8. The lowest BCUT2D eigenvalue weighted by atomic mass is 9.76. The van der Waals surface area contributed by atoms with Gasteiger partial charge in [0.15, 0.2) is 0 Å². The molecular weight excluding hydrogens is 447 g/mol. The van der Waals surface area contributed by atoms with Crippen LogP contribution in [0, 0.1) is 15.5 Å². The maximum absolute atomic E-state index is 13.6. The summed E-state index contributed by atoms with van der Waals surface area (Å²) < 4.78 is 30.4. The highest BCUT2D eigenvalue weighted by Gasteiger charge is 2.36. The second-order valence-corrected chi connectivity index (χ2v) is 10.5. The van der Waals surface area contributed by atoms with Crippen molar-refractivity contribution in [2.24, 2.45) is 5.41 Å². The van der Waals surface area contributed by atoms with E-state index in [1.54, 1.807) is 30.3 Å². The second-order valence-electron chi connectivity index (χ2n) is 8.91. The smallest absolute Gasteiger partial charge is 0.461 e. The molecule has 1 aliphatic rings. The molecule has 1 saturated carbocycles. The molecule has 10 heteroatoms. The first-order chi connectivity index (χ1) is 15.6. The monoisotopic (exact) mass is 476 g/mol. The zero-order valence-corrected chi connectivity index (χ0v) is 19.8. The Balaban J connectivity index is 1.73. The molecule has 1 aliphatic carbocycles. The Hall–Kier alpha value is -2.90. The second kappa shape index (κ2) is 10.4. The van der Waals surface area contributed by atoms with E-state index in [-0.39, 0.29) is 28.7 Å². The fraction of sp³-hybridized carbons (Fsp3) is 0.435. The van der Waals surface area contributed by atoms with Crippen LogP contribution in [0.2, 0.25) is 0 Å². The van der Waals surface area contributed by atoms with Crippen molar-refractivity contribution in [1.29, 1.82) is 0 Å². The first-order valence-corrected chi connectivity index (χ1v) is 12.4. The molecule has 0 spiro atoms. The van der Waals surface area contributed by atoms with Gasteiger partial charge in [0.25, 0.3) is 5.69 Å². The van der Waals surface area contributed by atoms with Gasteiger partial charge < -0.3 is 13.8 Å². The number of rotatable bonds is 9. The lowest BCUT2D eigenvalue weighted by molar-refractivity contribution is -0.384. The molecule has 33 heavy (non-hydrogen) atoms. The van der Waals surface area contributed by atoms with Crippen molar-refractivity contribution in [3.8, 4) is 11.5 Å². The summed E-state index contributed by atoms with van der Waals surface area (Å²) >= 11 is 0. The summed E-state index contributed by atoms with van der Waals surface area (Å²) in [5.74, 6) is -0.200. The van der Waals surface area contributed by atoms with Crippen molar-refractivity contribution in [2.75, 3.05) is 0 Å². The van der Waals surface area contributed by atoms with E-state index in [1.807, 2.05) is 0 Å². The van der Waals surface area contributed by atoms with Gasteiger partial charge >= 0.3 is 13.7 Å². The molecule has 1 fully saturated rings. The average Bonchev–Trinajstić information content (AvgIpc) is 2.73. The normalized spacial score (nSPS) is 20.2. The van der Waals surface area contributed by atoms with E-state index in [2.05, 4.69) is 18.9 Å². The summed E-state index contributed by atoms with van der Waals surface area (Å²) in [5.41, 5.74) is -0.0357. The Bertz CT molecular complexity index is 1010.